The summed E-state index contributed by atoms with van der Waals surface area (Å²) in [5, 5.41) is 3.29. The van der Waals surface area contributed by atoms with Gasteiger partial charge in [-0.2, -0.15) is 0 Å². The zero-order chi connectivity index (χ0) is 17.6. The molecule has 1 aliphatic heterocycles. The highest BCUT2D eigenvalue weighted by molar-refractivity contribution is 5.93. The van der Waals surface area contributed by atoms with Gasteiger partial charge >= 0.3 is 0 Å². The van der Waals surface area contributed by atoms with Crippen molar-refractivity contribution in [2.45, 2.75) is 19.8 Å². The quantitative estimate of drug-likeness (QED) is 0.872. The SMILES string of the molecule is CCCCN(C)C(=O)c1cc(Nc2ccc3c(c2)OCCO3)ccn1. The van der Waals surface area contributed by atoms with Crippen LogP contribution < -0.4 is 14.8 Å². The number of benzene rings is 1. The number of nitrogens with one attached hydrogen (secondary N) is 1. The standard InChI is InChI=1S/C19H23N3O3/c1-3-4-9-22(2)19(23)16-12-15(7-8-20-16)21-14-5-6-17-18(13-14)25-11-10-24-17/h5-8,12-13H,3-4,9-11H2,1-2H3,(H,20,21). The summed E-state index contributed by atoms with van der Waals surface area (Å²) in [4.78, 5) is 18.4. The number of pyridine rings is 1. The van der Waals surface area contributed by atoms with E-state index in [2.05, 4.69) is 17.2 Å². The van der Waals surface area contributed by atoms with Crippen molar-refractivity contribution in [2.24, 2.45) is 0 Å². The molecular weight excluding hydrogens is 318 g/mol. The molecule has 1 aromatic carbocycles. The second kappa shape index (κ2) is 7.88. The first-order chi connectivity index (χ1) is 12.2. The second-order valence-electron chi connectivity index (χ2n) is 5.99. The highest BCUT2D eigenvalue weighted by atomic mass is 16.6. The molecule has 0 atom stereocenters. The molecule has 0 bridgehead atoms. The van der Waals surface area contributed by atoms with Crippen LogP contribution in [0, 0.1) is 0 Å². The predicted molar refractivity (Wildman–Crippen MR) is 96.8 cm³/mol. The fourth-order valence-electron chi connectivity index (χ4n) is 2.61. The molecule has 2 heterocycles. The van der Waals surface area contributed by atoms with E-state index in [1.165, 1.54) is 0 Å². The van der Waals surface area contributed by atoms with Crippen LogP contribution in [0.5, 0.6) is 11.5 Å². The molecule has 0 aliphatic carbocycles. The van der Waals surface area contributed by atoms with Crippen LogP contribution in [-0.2, 0) is 0 Å². The lowest BCUT2D eigenvalue weighted by molar-refractivity contribution is 0.0787. The number of anilines is 2. The van der Waals surface area contributed by atoms with Crippen molar-refractivity contribution in [3.63, 3.8) is 0 Å². The Balaban J connectivity index is 1.72. The van der Waals surface area contributed by atoms with Crippen LogP contribution in [-0.4, -0.2) is 42.6 Å². The molecule has 0 unspecified atom stereocenters. The number of hydrogen-bond donors (Lipinski definition) is 1. The van der Waals surface area contributed by atoms with Crippen molar-refractivity contribution in [1.29, 1.82) is 0 Å². The van der Waals surface area contributed by atoms with Gasteiger partial charge in [0.25, 0.3) is 5.91 Å². The Morgan fingerprint density at radius 3 is 2.72 bits per heavy atom. The first kappa shape index (κ1) is 17.1. The smallest absolute Gasteiger partial charge is 0.272 e. The normalized spacial score (nSPS) is 12.6. The average Bonchev–Trinajstić information content (AvgIpc) is 2.65. The molecule has 1 aliphatic rings. The van der Waals surface area contributed by atoms with Gasteiger partial charge in [-0.25, -0.2) is 0 Å². The molecule has 2 aromatic rings. The number of hydrogen-bond acceptors (Lipinski definition) is 5. The Kier molecular flexibility index (Phi) is 5.38. The molecular formula is C19H23N3O3. The number of rotatable bonds is 6. The summed E-state index contributed by atoms with van der Waals surface area (Å²) in [6.07, 6.45) is 3.68. The minimum atomic E-state index is -0.0701. The molecule has 0 radical (unpaired) electrons. The number of amides is 1. The highest BCUT2D eigenvalue weighted by Gasteiger charge is 2.14. The van der Waals surface area contributed by atoms with Gasteiger partial charge in [-0.15, -0.1) is 0 Å². The summed E-state index contributed by atoms with van der Waals surface area (Å²) in [6, 6.07) is 9.29. The van der Waals surface area contributed by atoms with E-state index in [1.807, 2.05) is 24.3 Å². The van der Waals surface area contributed by atoms with Crippen LogP contribution in [0.25, 0.3) is 0 Å². The summed E-state index contributed by atoms with van der Waals surface area (Å²) >= 11 is 0. The molecule has 0 spiro atoms. The largest absolute Gasteiger partial charge is 0.486 e. The maximum absolute atomic E-state index is 12.4. The Hall–Kier alpha value is -2.76. The van der Waals surface area contributed by atoms with Gasteiger partial charge in [0, 0.05) is 37.2 Å². The minimum absolute atomic E-state index is 0.0701. The van der Waals surface area contributed by atoms with Gasteiger partial charge in [0.05, 0.1) is 0 Å². The van der Waals surface area contributed by atoms with Crippen molar-refractivity contribution < 1.29 is 14.3 Å². The zero-order valence-corrected chi connectivity index (χ0v) is 14.6. The maximum atomic E-state index is 12.4. The Morgan fingerprint density at radius 1 is 1.16 bits per heavy atom. The van der Waals surface area contributed by atoms with Gasteiger partial charge in [-0.3, -0.25) is 9.78 Å². The van der Waals surface area contributed by atoms with Gasteiger partial charge in [0.15, 0.2) is 11.5 Å². The Bertz CT molecular complexity index is 748. The number of aromatic nitrogens is 1. The van der Waals surface area contributed by atoms with Crippen molar-refractivity contribution in [2.75, 3.05) is 32.1 Å². The fourth-order valence-corrected chi connectivity index (χ4v) is 2.61. The monoisotopic (exact) mass is 341 g/mol. The van der Waals surface area contributed by atoms with E-state index < -0.39 is 0 Å². The van der Waals surface area contributed by atoms with E-state index in [-0.39, 0.29) is 5.91 Å². The maximum Gasteiger partial charge on any atom is 0.272 e. The summed E-state index contributed by atoms with van der Waals surface area (Å²) in [6.45, 7) is 3.96. The second-order valence-corrected chi connectivity index (χ2v) is 5.99. The van der Waals surface area contributed by atoms with Crippen LogP contribution in [0.3, 0.4) is 0 Å². The van der Waals surface area contributed by atoms with E-state index >= 15 is 0 Å². The van der Waals surface area contributed by atoms with E-state index in [9.17, 15) is 4.79 Å². The molecule has 1 aromatic heterocycles. The fraction of sp³-hybridized carbons (Fsp3) is 0.368. The van der Waals surface area contributed by atoms with Crippen molar-refractivity contribution in [3.05, 3.63) is 42.2 Å². The number of carbonyl (C=O) groups is 1. The van der Waals surface area contributed by atoms with E-state index in [0.717, 1.165) is 42.3 Å². The third-order valence-corrected chi connectivity index (χ3v) is 4.00. The molecule has 1 amide bonds. The summed E-state index contributed by atoms with van der Waals surface area (Å²) in [5.41, 5.74) is 2.10. The van der Waals surface area contributed by atoms with Crippen molar-refractivity contribution in [3.8, 4) is 11.5 Å². The Morgan fingerprint density at radius 2 is 1.92 bits per heavy atom. The average molecular weight is 341 g/mol. The van der Waals surface area contributed by atoms with Crippen LogP contribution in [0.1, 0.15) is 30.3 Å². The van der Waals surface area contributed by atoms with E-state index in [0.29, 0.717) is 18.9 Å². The summed E-state index contributed by atoms with van der Waals surface area (Å²) in [5.74, 6) is 1.40. The molecule has 3 rings (SSSR count). The molecule has 1 N–H and O–H groups in total. The molecule has 6 nitrogen and oxygen atoms in total. The van der Waals surface area contributed by atoms with Gasteiger partial charge in [-0.05, 0) is 30.7 Å². The molecule has 25 heavy (non-hydrogen) atoms. The summed E-state index contributed by atoms with van der Waals surface area (Å²) in [7, 11) is 1.81. The first-order valence-electron chi connectivity index (χ1n) is 8.55. The third-order valence-electron chi connectivity index (χ3n) is 4.00. The van der Waals surface area contributed by atoms with Crippen LogP contribution in [0.4, 0.5) is 11.4 Å². The van der Waals surface area contributed by atoms with E-state index in [1.54, 1.807) is 24.2 Å². The number of fused-ring (bicyclic) bond motifs is 1. The third kappa shape index (κ3) is 4.21. The molecule has 0 saturated heterocycles. The Labute approximate surface area is 147 Å². The molecule has 132 valence electrons. The number of nitrogens with zero attached hydrogens (tertiary/aromatic N) is 2. The van der Waals surface area contributed by atoms with Crippen molar-refractivity contribution in [1.82, 2.24) is 9.88 Å². The van der Waals surface area contributed by atoms with Gasteiger partial charge < -0.3 is 19.7 Å². The highest BCUT2D eigenvalue weighted by Crippen LogP contribution is 2.33. The zero-order valence-electron chi connectivity index (χ0n) is 14.6. The minimum Gasteiger partial charge on any atom is -0.486 e. The lowest BCUT2D eigenvalue weighted by Crippen LogP contribution is -2.28. The molecule has 0 saturated carbocycles. The number of ether oxygens (including phenoxy) is 2. The topological polar surface area (TPSA) is 63.7 Å². The molecule has 0 fully saturated rings. The van der Waals surface area contributed by atoms with Gasteiger partial charge in [-0.1, -0.05) is 13.3 Å². The molecule has 6 heteroatoms. The summed E-state index contributed by atoms with van der Waals surface area (Å²) < 4.78 is 11.1. The van der Waals surface area contributed by atoms with Crippen LogP contribution >= 0.6 is 0 Å². The lowest BCUT2D eigenvalue weighted by atomic mass is 10.2. The van der Waals surface area contributed by atoms with Gasteiger partial charge in [0.1, 0.15) is 18.9 Å². The number of unbranched alkanes of at least 4 members (excludes halogenated alkanes) is 1. The van der Waals surface area contributed by atoms with Crippen LogP contribution in [0.2, 0.25) is 0 Å². The van der Waals surface area contributed by atoms with Crippen LogP contribution in [0.15, 0.2) is 36.5 Å². The van der Waals surface area contributed by atoms with Crippen molar-refractivity contribution >= 4 is 17.3 Å². The predicted octanol–water partition coefficient (Wildman–Crippen LogP) is 3.47. The lowest BCUT2D eigenvalue weighted by Gasteiger charge is -2.19. The van der Waals surface area contributed by atoms with Gasteiger partial charge in [0.2, 0.25) is 0 Å². The van der Waals surface area contributed by atoms with E-state index in [4.69, 9.17) is 9.47 Å². The number of carbonyl (C=O) groups excluding carboxylic acids is 1. The first-order valence-corrected chi connectivity index (χ1v) is 8.55.